The second-order valence-electron chi connectivity index (χ2n) is 4.84. The van der Waals surface area contributed by atoms with Crippen LogP contribution in [0.5, 0.6) is 0 Å². The fourth-order valence-electron chi connectivity index (χ4n) is 1.96. The Hall–Kier alpha value is -1.68. The van der Waals surface area contributed by atoms with Crippen LogP contribution < -0.4 is 10.2 Å². The fraction of sp³-hybridized carbons (Fsp3) is 0.357. The maximum atomic E-state index is 6.20. The lowest BCUT2D eigenvalue weighted by atomic mass is 10.2. The summed E-state index contributed by atoms with van der Waals surface area (Å²) in [7, 11) is 5.98. The van der Waals surface area contributed by atoms with Crippen LogP contribution >= 0.6 is 11.6 Å². The quantitative estimate of drug-likeness (QED) is 0.933. The smallest absolute Gasteiger partial charge is 0.204 e. The summed E-state index contributed by atoms with van der Waals surface area (Å²) in [5, 5.41) is 4.08. The van der Waals surface area contributed by atoms with Gasteiger partial charge in [0.25, 0.3) is 0 Å². The van der Waals surface area contributed by atoms with E-state index < -0.39 is 0 Å². The highest BCUT2D eigenvalue weighted by Crippen LogP contribution is 2.23. The van der Waals surface area contributed by atoms with E-state index in [0.717, 1.165) is 27.9 Å². The van der Waals surface area contributed by atoms with Crippen LogP contribution in [0.25, 0.3) is 0 Å². The van der Waals surface area contributed by atoms with Crippen molar-refractivity contribution < 1.29 is 0 Å². The minimum absolute atomic E-state index is 0.695. The Kier molecular flexibility index (Phi) is 4.00. The first-order valence-electron chi connectivity index (χ1n) is 6.17. The average molecular weight is 279 g/mol. The van der Waals surface area contributed by atoms with Crippen LogP contribution in [0.4, 0.5) is 11.6 Å². The van der Waals surface area contributed by atoms with E-state index >= 15 is 0 Å². The van der Waals surface area contributed by atoms with E-state index in [1.165, 1.54) is 0 Å². The highest BCUT2D eigenvalue weighted by atomic mass is 35.5. The van der Waals surface area contributed by atoms with Crippen molar-refractivity contribution in [2.45, 2.75) is 13.5 Å². The van der Waals surface area contributed by atoms with Crippen molar-refractivity contribution in [3.63, 3.8) is 0 Å². The van der Waals surface area contributed by atoms with Gasteiger partial charge < -0.3 is 14.8 Å². The molecule has 0 fully saturated rings. The summed E-state index contributed by atoms with van der Waals surface area (Å²) in [6, 6.07) is 6.00. The van der Waals surface area contributed by atoms with Crippen molar-refractivity contribution >= 4 is 23.2 Å². The molecule has 0 bridgehead atoms. The lowest BCUT2D eigenvalue weighted by molar-refractivity contribution is 0.814. The van der Waals surface area contributed by atoms with Crippen LogP contribution in [-0.2, 0) is 13.6 Å². The second-order valence-corrected chi connectivity index (χ2v) is 5.25. The molecule has 0 saturated carbocycles. The number of nitrogens with one attached hydrogen (secondary N) is 1. The molecular formula is C14H19ClN4. The van der Waals surface area contributed by atoms with E-state index in [-0.39, 0.29) is 0 Å². The zero-order valence-electron chi connectivity index (χ0n) is 11.7. The van der Waals surface area contributed by atoms with Crippen LogP contribution in [0.2, 0.25) is 5.02 Å². The number of hydrogen-bond donors (Lipinski definition) is 1. The number of aryl methyl sites for hydroxylation is 1. The number of nitrogens with zero attached hydrogens (tertiary/aromatic N) is 3. The van der Waals surface area contributed by atoms with Gasteiger partial charge in [0.1, 0.15) is 0 Å². The molecule has 0 aliphatic carbocycles. The van der Waals surface area contributed by atoms with Crippen LogP contribution in [0, 0.1) is 6.92 Å². The lowest BCUT2D eigenvalue weighted by Crippen LogP contribution is -2.15. The topological polar surface area (TPSA) is 33.1 Å². The minimum atomic E-state index is 0.695. The first-order chi connectivity index (χ1) is 8.99. The van der Waals surface area contributed by atoms with Gasteiger partial charge in [-0.1, -0.05) is 17.7 Å². The standard InChI is InChI=1S/C14H19ClN4/c1-10-5-6-13(12(15)7-10)16-8-11-9-17-14(18(2)3)19(11)4/h5-7,9,16H,8H2,1-4H3. The third-order valence-electron chi connectivity index (χ3n) is 3.04. The van der Waals surface area contributed by atoms with Crippen molar-refractivity contribution in [3.05, 3.63) is 40.7 Å². The Morgan fingerprint density at radius 3 is 2.68 bits per heavy atom. The molecule has 1 aromatic heterocycles. The van der Waals surface area contributed by atoms with Gasteiger partial charge in [-0.05, 0) is 24.6 Å². The molecule has 2 aromatic rings. The summed E-state index contributed by atoms with van der Waals surface area (Å²) in [4.78, 5) is 6.37. The Bertz CT molecular complexity index is 575. The summed E-state index contributed by atoms with van der Waals surface area (Å²) in [6.45, 7) is 2.72. The van der Waals surface area contributed by atoms with E-state index in [2.05, 4.69) is 14.9 Å². The molecule has 19 heavy (non-hydrogen) atoms. The molecule has 1 aromatic carbocycles. The maximum Gasteiger partial charge on any atom is 0.204 e. The zero-order valence-corrected chi connectivity index (χ0v) is 12.5. The Morgan fingerprint density at radius 2 is 2.11 bits per heavy atom. The van der Waals surface area contributed by atoms with Crippen LogP contribution in [0.15, 0.2) is 24.4 Å². The Labute approximate surface area is 119 Å². The highest BCUT2D eigenvalue weighted by molar-refractivity contribution is 6.33. The summed E-state index contributed by atoms with van der Waals surface area (Å²) >= 11 is 6.20. The number of aromatic nitrogens is 2. The zero-order chi connectivity index (χ0) is 14.0. The summed E-state index contributed by atoms with van der Waals surface area (Å²) < 4.78 is 2.06. The van der Waals surface area contributed by atoms with Crippen LogP contribution in [0.3, 0.4) is 0 Å². The van der Waals surface area contributed by atoms with Gasteiger partial charge in [-0.15, -0.1) is 0 Å². The molecule has 102 valence electrons. The van der Waals surface area contributed by atoms with E-state index in [4.69, 9.17) is 11.6 Å². The highest BCUT2D eigenvalue weighted by Gasteiger charge is 2.08. The molecule has 1 heterocycles. The lowest BCUT2D eigenvalue weighted by Gasteiger charge is -2.13. The van der Waals surface area contributed by atoms with Gasteiger partial charge in [0, 0.05) is 21.1 Å². The number of halogens is 1. The Morgan fingerprint density at radius 1 is 1.37 bits per heavy atom. The van der Waals surface area contributed by atoms with Crippen LogP contribution in [0.1, 0.15) is 11.3 Å². The van der Waals surface area contributed by atoms with Gasteiger partial charge in [0.15, 0.2) is 0 Å². The van der Waals surface area contributed by atoms with Crippen LogP contribution in [-0.4, -0.2) is 23.6 Å². The van der Waals surface area contributed by atoms with Crippen molar-refractivity contribution in [1.29, 1.82) is 0 Å². The van der Waals surface area contributed by atoms with E-state index in [1.807, 2.05) is 57.4 Å². The maximum absolute atomic E-state index is 6.20. The summed E-state index contributed by atoms with van der Waals surface area (Å²) in [5.74, 6) is 0.937. The number of imidazole rings is 1. The van der Waals surface area contributed by atoms with E-state index in [0.29, 0.717) is 6.54 Å². The fourth-order valence-corrected chi connectivity index (χ4v) is 2.26. The molecule has 0 atom stereocenters. The van der Waals surface area contributed by atoms with Gasteiger partial charge in [-0.3, -0.25) is 0 Å². The predicted octanol–water partition coefficient (Wildman–Crippen LogP) is 3.06. The number of benzene rings is 1. The first kappa shape index (κ1) is 13.7. The molecule has 1 N–H and O–H groups in total. The molecule has 5 heteroatoms. The predicted molar refractivity (Wildman–Crippen MR) is 81.1 cm³/mol. The van der Waals surface area contributed by atoms with Crippen molar-refractivity contribution in [2.24, 2.45) is 7.05 Å². The molecule has 2 rings (SSSR count). The van der Waals surface area contributed by atoms with Crippen molar-refractivity contribution in [3.8, 4) is 0 Å². The van der Waals surface area contributed by atoms with Gasteiger partial charge in [-0.25, -0.2) is 4.98 Å². The number of anilines is 2. The minimum Gasteiger partial charge on any atom is -0.378 e. The van der Waals surface area contributed by atoms with E-state index in [1.54, 1.807) is 0 Å². The number of hydrogen-bond acceptors (Lipinski definition) is 3. The average Bonchev–Trinajstić information content (AvgIpc) is 2.70. The Balaban J connectivity index is 2.10. The summed E-state index contributed by atoms with van der Waals surface area (Å²) in [5.41, 5.74) is 3.21. The second kappa shape index (κ2) is 5.53. The molecule has 0 radical (unpaired) electrons. The SMILES string of the molecule is Cc1ccc(NCc2cnc(N(C)C)n2C)c(Cl)c1. The van der Waals surface area contributed by atoms with Gasteiger partial charge in [0.2, 0.25) is 5.95 Å². The van der Waals surface area contributed by atoms with E-state index in [9.17, 15) is 0 Å². The molecule has 0 saturated heterocycles. The molecule has 4 nitrogen and oxygen atoms in total. The van der Waals surface area contributed by atoms with Crippen molar-refractivity contribution in [1.82, 2.24) is 9.55 Å². The van der Waals surface area contributed by atoms with Gasteiger partial charge in [0.05, 0.1) is 29.1 Å². The normalized spacial score (nSPS) is 10.6. The third-order valence-corrected chi connectivity index (χ3v) is 3.36. The van der Waals surface area contributed by atoms with Crippen molar-refractivity contribution in [2.75, 3.05) is 24.3 Å². The largest absolute Gasteiger partial charge is 0.378 e. The van der Waals surface area contributed by atoms with Gasteiger partial charge in [-0.2, -0.15) is 0 Å². The third kappa shape index (κ3) is 3.01. The number of rotatable bonds is 4. The summed E-state index contributed by atoms with van der Waals surface area (Å²) in [6.07, 6.45) is 1.88. The first-order valence-corrected chi connectivity index (χ1v) is 6.55. The van der Waals surface area contributed by atoms with Gasteiger partial charge >= 0.3 is 0 Å². The molecule has 0 aliphatic heterocycles. The molecule has 0 spiro atoms. The molecule has 0 unspecified atom stereocenters. The molecular weight excluding hydrogens is 260 g/mol. The monoisotopic (exact) mass is 278 g/mol. The molecule has 0 aliphatic rings. The molecule has 0 amide bonds.